The highest BCUT2D eigenvalue weighted by molar-refractivity contribution is 6.22. The van der Waals surface area contributed by atoms with Gasteiger partial charge in [0.25, 0.3) is 17.7 Å². The van der Waals surface area contributed by atoms with Crippen LogP contribution in [0.3, 0.4) is 0 Å². The van der Waals surface area contributed by atoms with Gasteiger partial charge < -0.3 is 10.1 Å². The zero-order chi connectivity index (χ0) is 23.5. The van der Waals surface area contributed by atoms with Crippen molar-refractivity contribution in [3.63, 3.8) is 0 Å². The summed E-state index contributed by atoms with van der Waals surface area (Å²) in [6.45, 7) is 3.53. The van der Waals surface area contributed by atoms with E-state index >= 15 is 0 Å². The molecular formula is C26H28N2O5. The lowest BCUT2D eigenvalue weighted by molar-refractivity contribution is -0.123. The first-order valence-corrected chi connectivity index (χ1v) is 11.5. The number of amides is 3. The Kier molecular flexibility index (Phi) is 6.58. The van der Waals surface area contributed by atoms with Crippen molar-refractivity contribution in [1.82, 2.24) is 4.90 Å². The molecule has 2 aromatic carbocycles. The molecule has 1 heterocycles. The minimum Gasteiger partial charge on any atom is -0.449 e. The first kappa shape index (κ1) is 22.7. The van der Waals surface area contributed by atoms with Crippen LogP contribution in [0.2, 0.25) is 0 Å². The normalized spacial score (nSPS) is 17.0. The molecule has 0 saturated heterocycles. The Morgan fingerprint density at radius 1 is 1.00 bits per heavy atom. The molecule has 3 amide bonds. The molecule has 1 atom stereocenters. The molecule has 1 unspecified atom stereocenters. The molecule has 0 bridgehead atoms. The fourth-order valence-corrected chi connectivity index (χ4v) is 4.41. The molecule has 0 spiro atoms. The van der Waals surface area contributed by atoms with Crippen LogP contribution < -0.4 is 5.32 Å². The van der Waals surface area contributed by atoms with Crippen molar-refractivity contribution >= 4 is 29.4 Å². The number of fused-ring (bicyclic) bond motifs is 1. The van der Waals surface area contributed by atoms with Crippen LogP contribution >= 0.6 is 0 Å². The van der Waals surface area contributed by atoms with Gasteiger partial charge in [-0.25, -0.2) is 4.79 Å². The van der Waals surface area contributed by atoms with Crippen molar-refractivity contribution in [1.29, 1.82) is 0 Å². The molecule has 1 aliphatic heterocycles. The Labute approximate surface area is 193 Å². The van der Waals surface area contributed by atoms with Gasteiger partial charge in [0.2, 0.25) is 0 Å². The molecule has 1 saturated carbocycles. The van der Waals surface area contributed by atoms with Crippen LogP contribution in [0.25, 0.3) is 0 Å². The molecule has 0 aromatic heterocycles. The van der Waals surface area contributed by atoms with Gasteiger partial charge in [-0.15, -0.1) is 0 Å². The van der Waals surface area contributed by atoms with E-state index < -0.39 is 18.0 Å². The quantitative estimate of drug-likeness (QED) is 0.524. The number of benzene rings is 2. The number of rotatable bonds is 6. The predicted octanol–water partition coefficient (Wildman–Crippen LogP) is 4.36. The van der Waals surface area contributed by atoms with Gasteiger partial charge in [-0.2, -0.15) is 0 Å². The third-order valence-electron chi connectivity index (χ3n) is 6.38. The highest BCUT2D eigenvalue weighted by atomic mass is 16.5. The maximum atomic E-state index is 12.9. The molecule has 2 aliphatic rings. The van der Waals surface area contributed by atoms with Crippen LogP contribution in [0.4, 0.5) is 5.69 Å². The summed E-state index contributed by atoms with van der Waals surface area (Å²) in [6, 6.07) is 11.7. The zero-order valence-corrected chi connectivity index (χ0v) is 18.9. The minimum atomic E-state index is -1.03. The highest BCUT2D eigenvalue weighted by Crippen LogP contribution is 2.31. The number of hydrogen-bond donors (Lipinski definition) is 1. The van der Waals surface area contributed by atoms with Gasteiger partial charge in [-0.3, -0.25) is 19.3 Å². The second kappa shape index (κ2) is 9.57. The second-order valence-electron chi connectivity index (χ2n) is 8.62. The summed E-state index contributed by atoms with van der Waals surface area (Å²) < 4.78 is 5.32. The predicted molar refractivity (Wildman–Crippen MR) is 123 cm³/mol. The van der Waals surface area contributed by atoms with E-state index in [1.165, 1.54) is 30.0 Å². The van der Waals surface area contributed by atoms with Crippen LogP contribution in [-0.4, -0.2) is 40.7 Å². The van der Waals surface area contributed by atoms with Gasteiger partial charge in [0.1, 0.15) is 0 Å². The standard InChI is InChI=1S/C26H28N2O5/c1-3-17-9-12-19(13-10-17)27-23(29)16(2)33-26(32)18-11-14-21-22(15-18)25(31)28(24(21)30)20-7-5-4-6-8-20/h9-16,20H,3-8H2,1-2H3,(H,27,29). The van der Waals surface area contributed by atoms with Gasteiger partial charge in [-0.05, 0) is 62.1 Å². The third kappa shape index (κ3) is 4.67. The minimum absolute atomic E-state index is 0.0864. The summed E-state index contributed by atoms with van der Waals surface area (Å²) >= 11 is 0. The molecule has 7 heteroatoms. The lowest BCUT2D eigenvalue weighted by atomic mass is 9.94. The monoisotopic (exact) mass is 448 g/mol. The van der Waals surface area contributed by atoms with Crippen LogP contribution in [-0.2, 0) is 16.0 Å². The van der Waals surface area contributed by atoms with Crippen LogP contribution in [0.5, 0.6) is 0 Å². The average Bonchev–Trinajstić information content (AvgIpc) is 3.09. The largest absolute Gasteiger partial charge is 0.449 e. The smallest absolute Gasteiger partial charge is 0.338 e. The summed E-state index contributed by atoms with van der Waals surface area (Å²) in [5.74, 6) is -1.84. The lowest BCUT2D eigenvalue weighted by Gasteiger charge is -2.29. The molecule has 1 aliphatic carbocycles. The van der Waals surface area contributed by atoms with Crippen molar-refractivity contribution in [2.24, 2.45) is 0 Å². The lowest BCUT2D eigenvalue weighted by Crippen LogP contribution is -2.40. The Morgan fingerprint density at radius 3 is 2.33 bits per heavy atom. The van der Waals surface area contributed by atoms with E-state index in [2.05, 4.69) is 5.32 Å². The molecule has 2 aromatic rings. The molecule has 33 heavy (non-hydrogen) atoms. The summed E-state index contributed by atoms with van der Waals surface area (Å²) in [4.78, 5) is 52.2. The Bertz CT molecular complexity index is 1090. The Hall–Kier alpha value is -3.48. The fraction of sp³-hybridized carbons (Fsp3) is 0.385. The van der Waals surface area contributed by atoms with Crippen LogP contribution in [0.15, 0.2) is 42.5 Å². The average molecular weight is 449 g/mol. The molecule has 7 nitrogen and oxygen atoms in total. The first-order valence-electron chi connectivity index (χ1n) is 11.5. The van der Waals surface area contributed by atoms with Gasteiger partial charge >= 0.3 is 5.97 Å². The van der Waals surface area contributed by atoms with Gasteiger partial charge in [-0.1, -0.05) is 38.3 Å². The third-order valence-corrected chi connectivity index (χ3v) is 6.38. The molecule has 1 fully saturated rings. The van der Waals surface area contributed by atoms with E-state index in [4.69, 9.17) is 4.74 Å². The SMILES string of the molecule is CCc1ccc(NC(=O)C(C)OC(=O)c2ccc3c(c2)C(=O)N(C2CCCCC2)C3=O)cc1. The number of anilines is 1. The van der Waals surface area contributed by atoms with E-state index in [9.17, 15) is 19.2 Å². The second-order valence-corrected chi connectivity index (χ2v) is 8.62. The molecule has 0 radical (unpaired) electrons. The van der Waals surface area contributed by atoms with Crippen molar-refractivity contribution in [3.05, 3.63) is 64.7 Å². The molecule has 1 N–H and O–H groups in total. The van der Waals surface area contributed by atoms with Gasteiger partial charge in [0.15, 0.2) is 6.10 Å². The number of hydrogen-bond acceptors (Lipinski definition) is 5. The number of carbonyl (C=O) groups excluding carboxylic acids is 4. The summed E-state index contributed by atoms with van der Waals surface area (Å²) in [6.07, 6.45) is 4.60. The number of carbonyl (C=O) groups is 4. The van der Waals surface area contributed by atoms with E-state index in [-0.39, 0.29) is 29.0 Å². The van der Waals surface area contributed by atoms with Gasteiger partial charge in [0.05, 0.1) is 16.7 Å². The van der Waals surface area contributed by atoms with Crippen LogP contribution in [0.1, 0.15) is 82.6 Å². The van der Waals surface area contributed by atoms with Crippen molar-refractivity contribution in [2.75, 3.05) is 5.32 Å². The number of aryl methyl sites for hydroxylation is 1. The Balaban J connectivity index is 1.42. The molecular weight excluding hydrogens is 420 g/mol. The number of ether oxygens (including phenoxy) is 1. The number of esters is 1. The summed E-state index contributed by atoms with van der Waals surface area (Å²) in [5.41, 5.74) is 2.42. The topological polar surface area (TPSA) is 92.8 Å². The van der Waals surface area contributed by atoms with Crippen molar-refractivity contribution in [3.8, 4) is 0 Å². The Morgan fingerprint density at radius 2 is 1.67 bits per heavy atom. The highest BCUT2D eigenvalue weighted by Gasteiger charge is 2.40. The number of nitrogens with zero attached hydrogens (tertiary/aromatic N) is 1. The van der Waals surface area contributed by atoms with E-state index in [0.717, 1.165) is 44.1 Å². The molecule has 4 rings (SSSR count). The summed E-state index contributed by atoms with van der Waals surface area (Å²) in [5, 5.41) is 2.72. The number of nitrogens with one attached hydrogen (secondary N) is 1. The maximum absolute atomic E-state index is 12.9. The number of imide groups is 1. The van der Waals surface area contributed by atoms with E-state index in [0.29, 0.717) is 11.3 Å². The summed E-state index contributed by atoms with van der Waals surface area (Å²) in [7, 11) is 0. The van der Waals surface area contributed by atoms with Crippen molar-refractivity contribution < 1.29 is 23.9 Å². The maximum Gasteiger partial charge on any atom is 0.338 e. The zero-order valence-electron chi connectivity index (χ0n) is 18.9. The van der Waals surface area contributed by atoms with Crippen molar-refractivity contribution in [2.45, 2.75) is 64.5 Å². The van der Waals surface area contributed by atoms with Gasteiger partial charge in [0, 0.05) is 11.7 Å². The molecule has 172 valence electrons. The van der Waals surface area contributed by atoms with Crippen LogP contribution in [0, 0.1) is 0 Å². The fourth-order valence-electron chi connectivity index (χ4n) is 4.41. The van der Waals surface area contributed by atoms with E-state index in [1.54, 1.807) is 12.1 Å². The van der Waals surface area contributed by atoms with E-state index in [1.807, 2.05) is 19.1 Å². The first-order chi connectivity index (χ1) is 15.9.